The lowest BCUT2D eigenvalue weighted by Gasteiger charge is -2.08. The number of nitrogens with two attached hydrogens (primary N) is 1. The molecule has 0 radical (unpaired) electrons. The summed E-state index contributed by atoms with van der Waals surface area (Å²) < 4.78 is 5.52. The lowest BCUT2D eigenvalue weighted by molar-refractivity contribution is 0.293. The highest BCUT2D eigenvalue weighted by Crippen LogP contribution is 2.14. The Morgan fingerprint density at radius 3 is 2.71 bits per heavy atom. The van der Waals surface area contributed by atoms with Gasteiger partial charge in [0.25, 0.3) is 0 Å². The molecule has 5 heteroatoms. The molecule has 0 unspecified atom stereocenters. The number of amidine groups is 1. The smallest absolute Gasteiger partial charge is 0.224 e. The zero-order chi connectivity index (χ0) is 12.1. The Balaban J connectivity index is 2.12. The molecule has 86 valence electrons. The summed E-state index contributed by atoms with van der Waals surface area (Å²) in [5, 5.41) is 7.41. The molecule has 0 aliphatic rings. The maximum absolute atomic E-state index is 7.41. The molecule has 17 heavy (non-hydrogen) atoms. The van der Waals surface area contributed by atoms with Gasteiger partial charge in [-0.25, -0.2) is 4.98 Å². The molecule has 3 N–H and O–H groups in total. The van der Waals surface area contributed by atoms with Crippen molar-refractivity contribution in [1.82, 2.24) is 9.97 Å². The summed E-state index contributed by atoms with van der Waals surface area (Å²) in [6.45, 7) is 0.375. The summed E-state index contributed by atoms with van der Waals surface area (Å²) in [5.41, 5.74) is 6.92. The molecule has 0 fully saturated rings. The fourth-order valence-corrected chi connectivity index (χ4v) is 1.34. The number of hydrogen-bond donors (Lipinski definition) is 2. The van der Waals surface area contributed by atoms with Gasteiger partial charge in [0.2, 0.25) is 5.88 Å². The van der Waals surface area contributed by atoms with Crippen molar-refractivity contribution in [3.8, 4) is 5.88 Å². The van der Waals surface area contributed by atoms with Crippen molar-refractivity contribution in [2.75, 3.05) is 0 Å². The number of nitrogen functional groups attached to an aromatic ring is 1. The van der Waals surface area contributed by atoms with Crippen molar-refractivity contribution in [3.63, 3.8) is 0 Å². The molecule has 0 aromatic carbocycles. The monoisotopic (exact) mass is 228 g/mol. The van der Waals surface area contributed by atoms with E-state index in [-0.39, 0.29) is 5.84 Å². The van der Waals surface area contributed by atoms with Gasteiger partial charge in [0.15, 0.2) is 0 Å². The van der Waals surface area contributed by atoms with Crippen LogP contribution in [0.1, 0.15) is 11.1 Å². The number of pyridine rings is 2. The van der Waals surface area contributed by atoms with Crippen LogP contribution in [0.5, 0.6) is 5.88 Å². The molecule has 0 aliphatic carbocycles. The molecule has 2 heterocycles. The second-order valence-electron chi connectivity index (χ2n) is 3.41. The highest BCUT2D eigenvalue weighted by molar-refractivity contribution is 5.96. The van der Waals surface area contributed by atoms with Crippen molar-refractivity contribution < 1.29 is 4.74 Å². The minimum atomic E-state index is -0.0529. The Morgan fingerprint density at radius 1 is 1.24 bits per heavy atom. The number of nitrogens with one attached hydrogen (secondary N) is 1. The fraction of sp³-hybridized carbons (Fsp3) is 0.0833. The van der Waals surface area contributed by atoms with E-state index in [1.165, 1.54) is 0 Å². The SMILES string of the molecule is N=C(N)c1cccnc1OCc1ccncc1. The largest absolute Gasteiger partial charge is 0.472 e. The molecule has 0 spiro atoms. The van der Waals surface area contributed by atoms with Gasteiger partial charge in [0, 0.05) is 18.6 Å². The molecule has 0 saturated carbocycles. The van der Waals surface area contributed by atoms with Gasteiger partial charge in [-0.1, -0.05) is 0 Å². The Labute approximate surface area is 98.8 Å². The van der Waals surface area contributed by atoms with Gasteiger partial charge < -0.3 is 10.5 Å². The van der Waals surface area contributed by atoms with E-state index in [0.29, 0.717) is 18.1 Å². The van der Waals surface area contributed by atoms with E-state index in [0.717, 1.165) is 5.56 Å². The Hall–Kier alpha value is -2.43. The average Bonchev–Trinajstić information content (AvgIpc) is 2.38. The number of nitrogens with zero attached hydrogens (tertiary/aromatic N) is 2. The highest BCUT2D eigenvalue weighted by Gasteiger charge is 2.07. The molecule has 2 rings (SSSR count). The van der Waals surface area contributed by atoms with Gasteiger partial charge in [-0.3, -0.25) is 10.4 Å². The number of aromatic nitrogens is 2. The fourth-order valence-electron chi connectivity index (χ4n) is 1.34. The third-order valence-electron chi connectivity index (χ3n) is 2.19. The molecule has 5 nitrogen and oxygen atoms in total. The van der Waals surface area contributed by atoms with Crippen molar-refractivity contribution in [2.45, 2.75) is 6.61 Å². The first-order valence-electron chi connectivity index (χ1n) is 5.08. The van der Waals surface area contributed by atoms with Crippen LogP contribution in [0.4, 0.5) is 0 Å². The molecular weight excluding hydrogens is 216 g/mol. The predicted molar refractivity (Wildman–Crippen MR) is 63.8 cm³/mol. The van der Waals surface area contributed by atoms with Gasteiger partial charge in [0.1, 0.15) is 12.4 Å². The van der Waals surface area contributed by atoms with E-state index < -0.39 is 0 Å². The second kappa shape index (κ2) is 5.07. The average molecular weight is 228 g/mol. The van der Waals surface area contributed by atoms with Gasteiger partial charge in [-0.05, 0) is 29.8 Å². The van der Waals surface area contributed by atoms with Gasteiger partial charge in [-0.15, -0.1) is 0 Å². The lowest BCUT2D eigenvalue weighted by atomic mass is 10.2. The summed E-state index contributed by atoms with van der Waals surface area (Å²) in [7, 11) is 0. The number of rotatable bonds is 4. The molecule has 0 bridgehead atoms. The summed E-state index contributed by atoms with van der Waals surface area (Å²) in [5.74, 6) is 0.319. The van der Waals surface area contributed by atoms with Crippen molar-refractivity contribution in [3.05, 3.63) is 54.0 Å². The Bertz CT molecular complexity index is 513. The molecule has 0 amide bonds. The van der Waals surface area contributed by atoms with Gasteiger partial charge >= 0.3 is 0 Å². The van der Waals surface area contributed by atoms with Crippen molar-refractivity contribution >= 4 is 5.84 Å². The number of hydrogen-bond acceptors (Lipinski definition) is 4. The summed E-state index contributed by atoms with van der Waals surface area (Å²) >= 11 is 0. The zero-order valence-electron chi connectivity index (χ0n) is 9.13. The zero-order valence-corrected chi connectivity index (χ0v) is 9.13. The van der Waals surface area contributed by atoms with Crippen LogP contribution in [0, 0.1) is 5.41 Å². The lowest BCUT2D eigenvalue weighted by Crippen LogP contribution is -2.13. The van der Waals surface area contributed by atoms with Crippen LogP contribution in [-0.2, 0) is 6.61 Å². The quantitative estimate of drug-likeness (QED) is 0.610. The Kier molecular flexibility index (Phi) is 3.30. The van der Waals surface area contributed by atoms with Crippen LogP contribution in [0.15, 0.2) is 42.9 Å². The maximum atomic E-state index is 7.41. The van der Waals surface area contributed by atoms with E-state index in [1.54, 1.807) is 30.7 Å². The predicted octanol–water partition coefficient (Wildman–Crippen LogP) is 1.34. The summed E-state index contributed by atoms with van der Waals surface area (Å²) in [4.78, 5) is 7.98. The topological polar surface area (TPSA) is 84.9 Å². The maximum Gasteiger partial charge on any atom is 0.224 e. The van der Waals surface area contributed by atoms with Crippen LogP contribution in [0.25, 0.3) is 0 Å². The first kappa shape index (κ1) is 11.1. The van der Waals surface area contributed by atoms with Crippen LogP contribution in [-0.4, -0.2) is 15.8 Å². The van der Waals surface area contributed by atoms with Crippen molar-refractivity contribution in [2.24, 2.45) is 5.73 Å². The van der Waals surface area contributed by atoms with E-state index in [2.05, 4.69) is 9.97 Å². The summed E-state index contributed by atoms with van der Waals surface area (Å²) in [6, 6.07) is 7.14. The molecular formula is C12H12N4O. The standard InChI is InChI=1S/C12H12N4O/c13-11(14)10-2-1-5-16-12(10)17-8-9-3-6-15-7-4-9/h1-7H,8H2,(H3,13,14). The molecule has 0 saturated heterocycles. The van der Waals surface area contributed by atoms with E-state index in [9.17, 15) is 0 Å². The first-order chi connectivity index (χ1) is 8.27. The minimum Gasteiger partial charge on any atom is -0.472 e. The molecule has 2 aromatic heterocycles. The van der Waals surface area contributed by atoms with E-state index in [4.69, 9.17) is 15.9 Å². The molecule has 2 aromatic rings. The van der Waals surface area contributed by atoms with Crippen LogP contribution < -0.4 is 10.5 Å². The van der Waals surface area contributed by atoms with Crippen molar-refractivity contribution in [1.29, 1.82) is 5.41 Å². The molecule has 0 aliphatic heterocycles. The normalized spacial score (nSPS) is 9.88. The third kappa shape index (κ3) is 2.78. The first-order valence-corrected chi connectivity index (χ1v) is 5.08. The van der Waals surface area contributed by atoms with Gasteiger partial charge in [0.05, 0.1) is 5.56 Å². The van der Waals surface area contributed by atoms with Gasteiger partial charge in [-0.2, -0.15) is 0 Å². The summed E-state index contributed by atoms with van der Waals surface area (Å²) in [6.07, 6.45) is 5.00. The van der Waals surface area contributed by atoms with E-state index >= 15 is 0 Å². The minimum absolute atomic E-state index is 0.0529. The highest BCUT2D eigenvalue weighted by atomic mass is 16.5. The van der Waals surface area contributed by atoms with Crippen LogP contribution >= 0.6 is 0 Å². The van der Waals surface area contributed by atoms with E-state index in [1.807, 2.05) is 12.1 Å². The number of ether oxygens (including phenoxy) is 1. The Morgan fingerprint density at radius 2 is 2.00 bits per heavy atom. The van der Waals surface area contributed by atoms with Crippen LogP contribution in [0.2, 0.25) is 0 Å². The van der Waals surface area contributed by atoms with Crippen LogP contribution in [0.3, 0.4) is 0 Å². The third-order valence-corrected chi connectivity index (χ3v) is 2.19. The molecule has 0 atom stereocenters. The second-order valence-corrected chi connectivity index (χ2v) is 3.41.